The third-order valence-electron chi connectivity index (χ3n) is 3.45. The van der Waals surface area contributed by atoms with Gasteiger partial charge in [-0.3, -0.25) is 0 Å². The van der Waals surface area contributed by atoms with Crippen molar-refractivity contribution in [1.29, 1.82) is 10.5 Å². The van der Waals surface area contributed by atoms with Gasteiger partial charge in [-0.05, 0) is 29.1 Å². The lowest BCUT2D eigenvalue weighted by Gasteiger charge is -2.11. The van der Waals surface area contributed by atoms with E-state index in [1.807, 2.05) is 23.6 Å². The largest absolute Gasteiger partial charge is 0.383 e. The summed E-state index contributed by atoms with van der Waals surface area (Å²) in [6.07, 6.45) is 0. The number of nitriles is 2. The van der Waals surface area contributed by atoms with E-state index >= 15 is 0 Å². The van der Waals surface area contributed by atoms with Crippen LogP contribution >= 0.6 is 23.1 Å². The molecule has 0 aliphatic heterocycles. The highest BCUT2D eigenvalue weighted by Crippen LogP contribution is 2.38. The summed E-state index contributed by atoms with van der Waals surface area (Å²) in [6, 6.07) is 14.1. The highest BCUT2D eigenvalue weighted by molar-refractivity contribution is 7.98. The third-order valence-corrected chi connectivity index (χ3v) is 5.38. The monoisotopic (exact) mass is 366 g/mol. The molecule has 3 aromatic rings. The first-order valence-electron chi connectivity index (χ1n) is 7.18. The van der Waals surface area contributed by atoms with Gasteiger partial charge in [-0.25, -0.2) is 9.37 Å². The van der Waals surface area contributed by atoms with E-state index in [9.17, 15) is 14.9 Å². The van der Waals surface area contributed by atoms with E-state index in [2.05, 4.69) is 11.1 Å². The molecular formula is C18H11FN4S2. The van der Waals surface area contributed by atoms with Gasteiger partial charge in [-0.1, -0.05) is 18.2 Å². The van der Waals surface area contributed by atoms with Gasteiger partial charge in [-0.15, -0.1) is 23.1 Å². The number of anilines is 1. The zero-order chi connectivity index (χ0) is 17.8. The Balaban J connectivity index is 2.06. The number of aromatic nitrogens is 1. The molecule has 0 saturated carbocycles. The average molecular weight is 366 g/mol. The highest BCUT2D eigenvalue weighted by atomic mass is 32.2. The van der Waals surface area contributed by atoms with Crippen molar-refractivity contribution in [3.8, 4) is 22.6 Å². The number of halogens is 1. The summed E-state index contributed by atoms with van der Waals surface area (Å²) in [7, 11) is 0. The van der Waals surface area contributed by atoms with E-state index in [-0.39, 0.29) is 17.2 Å². The second-order valence-electron chi connectivity index (χ2n) is 5.05. The number of nitrogens with zero attached hydrogens (tertiary/aromatic N) is 3. The molecule has 25 heavy (non-hydrogen) atoms. The fourth-order valence-electron chi connectivity index (χ4n) is 2.35. The molecule has 1 aromatic carbocycles. The molecule has 0 saturated heterocycles. The van der Waals surface area contributed by atoms with E-state index in [4.69, 9.17) is 5.73 Å². The van der Waals surface area contributed by atoms with Crippen LogP contribution in [0.4, 0.5) is 10.2 Å². The number of nitrogen functional groups attached to an aromatic ring is 1. The summed E-state index contributed by atoms with van der Waals surface area (Å²) in [5, 5.41) is 21.4. The Morgan fingerprint density at radius 3 is 2.60 bits per heavy atom. The molecule has 0 radical (unpaired) electrons. The molecule has 3 rings (SSSR count). The Bertz CT molecular complexity index is 1000. The molecule has 4 nitrogen and oxygen atoms in total. The molecule has 0 atom stereocenters. The molecule has 0 fully saturated rings. The smallest absolute Gasteiger partial charge is 0.143 e. The van der Waals surface area contributed by atoms with Crippen LogP contribution in [0.25, 0.3) is 10.4 Å². The molecule has 0 amide bonds. The van der Waals surface area contributed by atoms with Gasteiger partial charge in [-0.2, -0.15) is 10.5 Å². The van der Waals surface area contributed by atoms with Gasteiger partial charge in [0.2, 0.25) is 0 Å². The van der Waals surface area contributed by atoms with Gasteiger partial charge in [0.1, 0.15) is 34.4 Å². The molecular weight excluding hydrogens is 355 g/mol. The lowest BCUT2D eigenvalue weighted by atomic mass is 10.0. The topological polar surface area (TPSA) is 86.5 Å². The third kappa shape index (κ3) is 3.48. The average Bonchev–Trinajstić information content (AvgIpc) is 3.13. The predicted molar refractivity (Wildman–Crippen MR) is 97.4 cm³/mol. The van der Waals surface area contributed by atoms with E-state index in [1.54, 1.807) is 12.1 Å². The van der Waals surface area contributed by atoms with Crippen molar-refractivity contribution in [2.75, 3.05) is 5.73 Å². The number of pyridine rings is 1. The minimum Gasteiger partial charge on any atom is -0.383 e. The summed E-state index contributed by atoms with van der Waals surface area (Å²) < 4.78 is 13.3. The Hall–Kier alpha value is -2.87. The molecule has 0 aliphatic carbocycles. The first-order valence-corrected chi connectivity index (χ1v) is 9.05. The van der Waals surface area contributed by atoms with Crippen LogP contribution in [0, 0.1) is 28.5 Å². The molecule has 0 spiro atoms. The van der Waals surface area contributed by atoms with E-state index in [0.29, 0.717) is 21.9 Å². The van der Waals surface area contributed by atoms with Crippen LogP contribution < -0.4 is 5.73 Å². The van der Waals surface area contributed by atoms with Crippen molar-refractivity contribution in [1.82, 2.24) is 4.98 Å². The molecule has 0 unspecified atom stereocenters. The molecule has 0 aliphatic rings. The molecule has 2 N–H and O–H groups in total. The molecule has 2 aromatic heterocycles. The van der Waals surface area contributed by atoms with Crippen molar-refractivity contribution in [3.05, 3.63) is 64.3 Å². The van der Waals surface area contributed by atoms with E-state index in [0.717, 1.165) is 10.4 Å². The summed E-state index contributed by atoms with van der Waals surface area (Å²) in [5.41, 5.74) is 7.74. The Labute approximate surface area is 152 Å². The first-order chi connectivity index (χ1) is 12.1. The van der Waals surface area contributed by atoms with Crippen LogP contribution in [0.2, 0.25) is 0 Å². The second kappa shape index (κ2) is 7.35. The second-order valence-corrected chi connectivity index (χ2v) is 6.96. The minimum absolute atomic E-state index is 0.0895. The van der Waals surface area contributed by atoms with Crippen LogP contribution in [-0.2, 0) is 5.75 Å². The molecule has 0 bridgehead atoms. The van der Waals surface area contributed by atoms with E-state index < -0.39 is 0 Å². The maximum atomic E-state index is 13.3. The number of hydrogen-bond acceptors (Lipinski definition) is 6. The van der Waals surface area contributed by atoms with Gasteiger partial charge in [0.05, 0.1) is 5.56 Å². The summed E-state index contributed by atoms with van der Waals surface area (Å²) >= 11 is 2.72. The van der Waals surface area contributed by atoms with Gasteiger partial charge >= 0.3 is 0 Å². The number of thioether (sulfide) groups is 1. The lowest BCUT2D eigenvalue weighted by Crippen LogP contribution is -2.02. The maximum Gasteiger partial charge on any atom is 0.143 e. The van der Waals surface area contributed by atoms with Crippen LogP contribution in [0.1, 0.15) is 16.7 Å². The predicted octanol–water partition coefficient (Wildman–Crippen LogP) is 4.57. The van der Waals surface area contributed by atoms with Crippen molar-refractivity contribution in [2.45, 2.75) is 10.8 Å². The number of rotatable bonds is 4. The number of benzene rings is 1. The van der Waals surface area contributed by atoms with Gasteiger partial charge in [0.15, 0.2) is 0 Å². The standard InChI is InChI=1S/C18H11FN4S2/c19-12-4-1-3-11(7-12)10-25-18-14(9-21)16(15-5-2-6-24-15)13(8-20)17(22)23-18/h1-7H,10H2,(H2,22,23). The van der Waals surface area contributed by atoms with Crippen LogP contribution in [0.15, 0.2) is 46.8 Å². The highest BCUT2D eigenvalue weighted by Gasteiger charge is 2.21. The van der Waals surface area contributed by atoms with Crippen LogP contribution in [-0.4, -0.2) is 4.98 Å². The van der Waals surface area contributed by atoms with Crippen molar-refractivity contribution < 1.29 is 4.39 Å². The Kier molecular flexibility index (Phi) is 4.99. The minimum atomic E-state index is -0.315. The molecule has 122 valence electrons. The van der Waals surface area contributed by atoms with Crippen LogP contribution in [0.3, 0.4) is 0 Å². The fraction of sp³-hybridized carbons (Fsp3) is 0.0556. The zero-order valence-corrected chi connectivity index (χ0v) is 14.5. The van der Waals surface area contributed by atoms with E-state index in [1.165, 1.54) is 35.2 Å². The summed E-state index contributed by atoms with van der Waals surface area (Å²) in [5.74, 6) is 0.214. The van der Waals surface area contributed by atoms with Crippen molar-refractivity contribution in [2.24, 2.45) is 0 Å². The van der Waals surface area contributed by atoms with Crippen molar-refractivity contribution in [3.63, 3.8) is 0 Å². The maximum absolute atomic E-state index is 13.3. The summed E-state index contributed by atoms with van der Waals surface area (Å²) in [6.45, 7) is 0. The number of nitrogens with two attached hydrogens (primary N) is 1. The van der Waals surface area contributed by atoms with Crippen molar-refractivity contribution >= 4 is 28.9 Å². The fourth-order valence-corrected chi connectivity index (χ4v) is 4.07. The molecule has 7 heteroatoms. The quantitative estimate of drug-likeness (QED) is 0.684. The Morgan fingerprint density at radius 1 is 1.16 bits per heavy atom. The van der Waals surface area contributed by atoms with Gasteiger partial charge < -0.3 is 5.73 Å². The number of thiophene rings is 1. The molecule has 2 heterocycles. The van der Waals surface area contributed by atoms with Gasteiger partial charge in [0.25, 0.3) is 0 Å². The zero-order valence-electron chi connectivity index (χ0n) is 12.9. The summed E-state index contributed by atoms with van der Waals surface area (Å²) in [4.78, 5) is 5.02. The SMILES string of the molecule is N#Cc1c(N)nc(SCc2cccc(F)c2)c(C#N)c1-c1cccs1. The lowest BCUT2D eigenvalue weighted by molar-refractivity contribution is 0.626. The number of hydrogen-bond donors (Lipinski definition) is 1. The normalized spacial score (nSPS) is 10.2. The first kappa shape index (κ1) is 17.0. The Morgan fingerprint density at radius 2 is 1.96 bits per heavy atom. The van der Waals surface area contributed by atoms with Crippen LogP contribution in [0.5, 0.6) is 0 Å². The van der Waals surface area contributed by atoms with Gasteiger partial charge in [0, 0.05) is 16.2 Å².